The number of amides is 1. The molecule has 5 nitrogen and oxygen atoms in total. The standard InChI is InChI=1S/C15H22BrNO4S/c1-10(2)9-22(19,20)6-5-14(18)17-15-11(3)7-12(16)8-13(15)21-4/h7-8,10H,5-6,9H2,1-4H3,(H,17,18). The van der Waals surface area contributed by atoms with Gasteiger partial charge < -0.3 is 10.1 Å². The van der Waals surface area contributed by atoms with Crippen LogP contribution in [0, 0.1) is 12.8 Å². The Hall–Kier alpha value is -1.08. The maximum atomic E-state index is 12.0. The summed E-state index contributed by atoms with van der Waals surface area (Å²) >= 11 is 3.36. The van der Waals surface area contributed by atoms with Crippen molar-refractivity contribution in [3.05, 3.63) is 22.2 Å². The second-order valence-electron chi connectivity index (χ2n) is 5.61. The van der Waals surface area contributed by atoms with Gasteiger partial charge in [-0.1, -0.05) is 29.8 Å². The molecule has 0 bridgehead atoms. The maximum absolute atomic E-state index is 12.0. The molecule has 1 N–H and O–H groups in total. The number of hydrogen-bond donors (Lipinski definition) is 1. The molecule has 0 aromatic heterocycles. The van der Waals surface area contributed by atoms with Gasteiger partial charge in [-0.05, 0) is 30.5 Å². The second-order valence-corrected chi connectivity index (χ2v) is 8.75. The SMILES string of the molecule is COc1cc(Br)cc(C)c1NC(=O)CCS(=O)(=O)CC(C)C. The molecule has 0 fully saturated rings. The topological polar surface area (TPSA) is 72.5 Å². The third kappa shape index (κ3) is 5.96. The van der Waals surface area contributed by atoms with Crippen molar-refractivity contribution in [2.24, 2.45) is 5.92 Å². The fourth-order valence-corrected chi connectivity index (χ4v) is 4.30. The monoisotopic (exact) mass is 391 g/mol. The first-order valence-corrected chi connectivity index (χ1v) is 9.60. The minimum absolute atomic E-state index is 0.0573. The summed E-state index contributed by atoms with van der Waals surface area (Å²) in [6.45, 7) is 5.53. The number of carbonyl (C=O) groups excluding carboxylic acids is 1. The van der Waals surface area contributed by atoms with E-state index >= 15 is 0 Å². The molecule has 0 aliphatic carbocycles. The fourth-order valence-electron chi connectivity index (χ4n) is 2.07. The molecule has 0 unspecified atom stereocenters. The zero-order chi connectivity index (χ0) is 16.9. The van der Waals surface area contributed by atoms with Crippen LogP contribution in [0.15, 0.2) is 16.6 Å². The van der Waals surface area contributed by atoms with Gasteiger partial charge in [-0.2, -0.15) is 0 Å². The summed E-state index contributed by atoms with van der Waals surface area (Å²) < 4.78 is 29.7. The smallest absolute Gasteiger partial charge is 0.225 e. The lowest BCUT2D eigenvalue weighted by Crippen LogP contribution is -2.21. The number of ether oxygens (including phenoxy) is 1. The van der Waals surface area contributed by atoms with E-state index in [1.54, 1.807) is 6.07 Å². The molecule has 1 amide bonds. The molecule has 0 aliphatic rings. The third-order valence-electron chi connectivity index (χ3n) is 2.98. The predicted octanol–water partition coefficient (Wildman–Crippen LogP) is 3.17. The average Bonchev–Trinajstić information content (AvgIpc) is 2.38. The number of sulfone groups is 1. The van der Waals surface area contributed by atoms with Crippen LogP contribution < -0.4 is 10.1 Å². The number of methoxy groups -OCH3 is 1. The van der Waals surface area contributed by atoms with Crippen molar-refractivity contribution in [2.75, 3.05) is 23.9 Å². The summed E-state index contributed by atoms with van der Waals surface area (Å²) in [4.78, 5) is 12.0. The van der Waals surface area contributed by atoms with Gasteiger partial charge >= 0.3 is 0 Å². The quantitative estimate of drug-likeness (QED) is 0.774. The zero-order valence-corrected chi connectivity index (χ0v) is 15.7. The van der Waals surface area contributed by atoms with Crippen LogP contribution in [-0.2, 0) is 14.6 Å². The Labute approximate surface area is 140 Å². The van der Waals surface area contributed by atoms with Gasteiger partial charge in [-0.25, -0.2) is 8.42 Å². The van der Waals surface area contributed by atoms with E-state index in [0.717, 1.165) is 10.0 Å². The number of halogens is 1. The Morgan fingerprint density at radius 1 is 1.36 bits per heavy atom. The van der Waals surface area contributed by atoms with E-state index in [1.807, 2.05) is 26.8 Å². The Morgan fingerprint density at radius 3 is 2.55 bits per heavy atom. The van der Waals surface area contributed by atoms with Crippen LogP contribution in [-0.4, -0.2) is 32.9 Å². The first kappa shape index (κ1) is 19.0. The van der Waals surface area contributed by atoms with Gasteiger partial charge in [-0.15, -0.1) is 0 Å². The summed E-state index contributed by atoms with van der Waals surface area (Å²) in [5, 5.41) is 2.73. The maximum Gasteiger partial charge on any atom is 0.225 e. The minimum atomic E-state index is -3.20. The lowest BCUT2D eigenvalue weighted by molar-refractivity contribution is -0.115. The highest BCUT2D eigenvalue weighted by Crippen LogP contribution is 2.32. The van der Waals surface area contributed by atoms with Gasteiger partial charge in [0.15, 0.2) is 9.84 Å². The highest BCUT2D eigenvalue weighted by atomic mass is 79.9. The Bertz CT molecular complexity index is 641. The molecule has 0 spiro atoms. The zero-order valence-electron chi connectivity index (χ0n) is 13.3. The van der Waals surface area contributed by atoms with E-state index in [9.17, 15) is 13.2 Å². The molecule has 0 aliphatic heterocycles. The highest BCUT2D eigenvalue weighted by Gasteiger charge is 2.17. The number of hydrogen-bond acceptors (Lipinski definition) is 4. The molecule has 1 rings (SSSR count). The van der Waals surface area contributed by atoms with Crippen LogP contribution in [0.5, 0.6) is 5.75 Å². The van der Waals surface area contributed by atoms with Crippen molar-refractivity contribution < 1.29 is 17.9 Å². The van der Waals surface area contributed by atoms with Crippen molar-refractivity contribution in [1.82, 2.24) is 0 Å². The summed E-state index contributed by atoms with van der Waals surface area (Å²) in [5.41, 5.74) is 1.40. The summed E-state index contributed by atoms with van der Waals surface area (Å²) in [5.74, 6) is 0.207. The predicted molar refractivity (Wildman–Crippen MR) is 92.2 cm³/mol. The van der Waals surface area contributed by atoms with Gasteiger partial charge in [0.1, 0.15) is 5.75 Å². The molecule has 0 atom stereocenters. The summed E-state index contributed by atoms with van der Waals surface area (Å²) in [6, 6.07) is 3.60. The van der Waals surface area contributed by atoms with Crippen molar-refractivity contribution in [1.29, 1.82) is 0 Å². The van der Waals surface area contributed by atoms with Gasteiger partial charge in [0, 0.05) is 10.9 Å². The number of rotatable bonds is 7. The molecule has 0 heterocycles. The van der Waals surface area contributed by atoms with E-state index in [-0.39, 0.29) is 29.8 Å². The van der Waals surface area contributed by atoms with Crippen LogP contribution in [0.4, 0.5) is 5.69 Å². The van der Waals surface area contributed by atoms with E-state index in [0.29, 0.717) is 11.4 Å². The molecule has 0 saturated carbocycles. The molecule has 124 valence electrons. The number of anilines is 1. The van der Waals surface area contributed by atoms with Crippen LogP contribution in [0.3, 0.4) is 0 Å². The number of benzene rings is 1. The molecule has 1 aromatic carbocycles. The minimum Gasteiger partial charge on any atom is -0.495 e. The molecule has 0 radical (unpaired) electrons. The van der Waals surface area contributed by atoms with E-state index in [4.69, 9.17) is 4.74 Å². The van der Waals surface area contributed by atoms with Crippen LogP contribution in [0.2, 0.25) is 0 Å². The third-order valence-corrected chi connectivity index (χ3v) is 5.43. The van der Waals surface area contributed by atoms with Crippen molar-refractivity contribution in [3.8, 4) is 5.75 Å². The largest absolute Gasteiger partial charge is 0.495 e. The molecule has 1 aromatic rings. The van der Waals surface area contributed by atoms with E-state index in [1.165, 1.54) is 7.11 Å². The van der Waals surface area contributed by atoms with Crippen molar-refractivity contribution in [2.45, 2.75) is 27.2 Å². The van der Waals surface area contributed by atoms with Gasteiger partial charge in [0.05, 0.1) is 24.3 Å². The number of carbonyl (C=O) groups is 1. The Kier molecular flexibility index (Phi) is 6.87. The average molecular weight is 392 g/mol. The normalized spacial score (nSPS) is 11.5. The van der Waals surface area contributed by atoms with Crippen molar-refractivity contribution in [3.63, 3.8) is 0 Å². The Morgan fingerprint density at radius 2 is 2.00 bits per heavy atom. The van der Waals surface area contributed by atoms with Crippen LogP contribution in [0.25, 0.3) is 0 Å². The first-order chi connectivity index (χ1) is 10.1. The first-order valence-electron chi connectivity index (χ1n) is 6.99. The summed E-state index contributed by atoms with van der Waals surface area (Å²) in [6.07, 6.45) is -0.0618. The molecule has 0 saturated heterocycles. The Balaban J connectivity index is 2.74. The van der Waals surface area contributed by atoms with Gasteiger partial charge in [0.2, 0.25) is 5.91 Å². The van der Waals surface area contributed by atoms with Crippen molar-refractivity contribution >= 4 is 37.4 Å². The fraction of sp³-hybridized carbons (Fsp3) is 0.533. The number of nitrogens with one attached hydrogen (secondary N) is 1. The molecule has 22 heavy (non-hydrogen) atoms. The van der Waals surface area contributed by atoms with Crippen LogP contribution >= 0.6 is 15.9 Å². The lowest BCUT2D eigenvalue weighted by atomic mass is 10.2. The van der Waals surface area contributed by atoms with Crippen LogP contribution in [0.1, 0.15) is 25.8 Å². The number of aryl methyl sites for hydroxylation is 1. The second kappa shape index (κ2) is 7.97. The van der Waals surface area contributed by atoms with E-state index < -0.39 is 9.84 Å². The summed E-state index contributed by atoms with van der Waals surface area (Å²) in [7, 11) is -1.68. The molecule has 7 heteroatoms. The lowest BCUT2D eigenvalue weighted by Gasteiger charge is -2.14. The highest BCUT2D eigenvalue weighted by molar-refractivity contribution is 9.10. The molecular formula is C15H22BrNO4S. The van der Waals surface area contributed by atoms with Gasteiger partial charge in [0.25, 0.3) is 0 Å². The van der Waals surface area contributed by atoms with E-state index in [2.05, 4.69) is 21.2 Å². The van der Waals surface area contributed by atoms with Gasteiger partial charge in [-0.3, -0.25) is 4.79 Å². The molecular weight excluding hydrogens is 370 g/mol.